The number of anilines is 1. The van der Waals surface area contributed by atoms with Crippen LogP contribution in [0.1, 0.15) is 12.8 Å². The number of halogens is 2. The molecule has 1 aliphatic heterocycles. The summed E-state index contributed by atoms with van der Waals surface area (Å²) in [5.41, 5.74) is 2.40. The van der Waals surface area contributed by atoms with Crippen molar-refractivity contribution < 1.29 is 17.2 Å². The molecule has 0 saturated carbocycles. The van der Waals surface area contributed by atoms with E-state index in [-0.39, 0.29) is 11.4 Å². The summed E-state index contributed by atoms with van der Waals surface area (Å²) in [6.07, 6.45) is 3.49. The van der Waals surface area contributed by atoms with Crippen LogP contribution in [0.15, 0.2) is 53.6 Å². The number of nitrogens with one attached hydrogen (secondary N) is 2. The van der Waals surface area contributed by atoms with E-state index in [2.05, 4.69) is 43.8 Å². The van der Waals surface area contributed by atoms with Crippen LogP contribution in [0.2, 0.25) is 0 Å². The Morgan fingerprint density at radius 1 is 0.968 bits per heavy atom. The number of hydrogen-bond acceptors (Lipinski definition) is 4. The fourth-order valence-electron chi connectivity index (χ4n) is 3.95. The molecule has 3 aromatic rings. The summed E-state index contributed by atoms with van der Waals surface area (Å²) in [5.74, 6) is -2.24. The number of aromatic amines is 1. The molecular formula is C22H26F2N4O2S. The number of H-pyrrole nitrogens is 1. The first-order valence-electron chi connectivity index (χ1n) is 10.4. The van der Waals surface area contributed by atoms with Crippen molar-refractivity contribution >= 4 is 26.6 Å². The van der Waals surface area contributed by atoms with Crippen molar-refractivity contribution in [1.29, 1.82) is 0 Å². The van der Waals surface area contributed by atoms with Crippen molar-refractivity contribution in [3.63, 3.8) is 0 Å². The maximum absolute atomic E-state index is 13.3. The molecular weight excluding hydrogens is 422 g/mol. The van der Waals surface area contributed by atoms with Gasteiger partial charge in [0.05, 0.1) is 4.90 Å². The Kier molecular flexibility index (Phi) is 6.54. The molecule has 0 bridgehead atoms. The van der Waals surface area contributed by atoms with Gasteiger partial charge in [-0.3, -0.25) is 4.90 Å². The highest BCUT2D eigenvalue weighted by molar-refractivity contribution is 7.89. The SMILES string of the molecule is O=S(=O)(NCCCCN1CCN(c2cccc3[nH]ccc23)CC1)c1ccc(F)c(F)c1. The third kappa shape index (κ3) is 5.06. The fraction of sp³-hybridized carbons (Fsp3) is 0.364. The highest BCUT2D eigenvalue weighted by Gasteiger charge is 2.19. The van der Waals surface area contributed by atoms with Crippen LogP contribution in [0.25, 0.3) is 10.9 Å². The predicted molar refractivity (Wildman–Crippen MR) is 118 cm³/mol. The van der Waals surface area contributed by atoms with Gasteiger partial charge in [0, 0.05) is 55.5 Å². The quantitative estimate of drug-likeness (QED) is 0.519. The van der Waals surface area contributed by atoms with E-state index in [0.29, 0.717) is 12.5 Å². The van der Waals surface area contributed by atoms with Crippen LogP contribution >= 0.6 is 0 Å². The van der Waals surface area contributed by atoms with Crippen molar-refractivity contribution in [1.82, 2.24) is 14.6 Å². The average Bonchev–Trinajstić information content (AvgIpc) is 3.25. The first-order chi connectivity index (χ1) is 14.9. The summed E-state index contributed by atoms with van der Waals surface area (Å²) in [5, 5.41) is 1.24. The molecule has 4 rings (SSSR count). The Morgan fingerprint density at radius 2 is 1.77 bits per heavy atom. The van der Waals surface area contributed by atoms with Crippen LogP contribution in [0.3, 0.4) is 0 Å². The summed E-state index contributed by atoms with van der Waals surface area (Å²) >= 11 is 0. The molecule has 1 aromatic heterocycles. The zero-order valence-corrected chi connectivity index (χ0v) is 18.0. The Bertz CT molecular complexity index is 1140. The minimum absolute atomic E-state index is 0.261. The first-order valence-corrected chi connectivity index (χ1v) is 11.9. The van der Waals surface area contributed by atoms with E-state index in [0.717, 1.165) is 56.8 Å². The van der Waals surface area contributed by atoms with Gasteiger partial charge in [0.1, 0.15) is 0 Å². The van der Waals surface area contributed by atoms with E-state index in [1.54, 1.807) is 0 Å². The van der Waals surface area contributed by atoms with Crippen molar-refractivity contribution in [3.05, 3.63) is 60.3 Å². The van der Waals surface area contributed by atoms with Gasteiger partial charge in [-0.25, -0.2) is 21.9 Å². The van der Waals surface area contributed by atoms with Crippen molar-refractivity contribution in [2.75, 3.05) is 44.2 Å². The number of unbranched alkanes of at least 4 members (excludes halogenated alkanes) is 1. The van der Waals surface area contributed by atoms with E-state index in [4.69, 9.17) is 0 Å². The number of benzene rings is 2. The van der Waals surface area contributed by atoms with Crippen LogP contribution < -0.4 is 9.62 Å². The van der Waals surface area contributed by atoms with Crippen LogP contribution in [0, 0.1) is 11.6 Å². The molecule has 9 heteroatoms. The highest BCUT2D eigenvalue weighted by atomic mass is 32.2. The second-order valence-electron chi connectivity index (χ2n) is 7.73. The molecule has 1 fully saturated rings. The van der Waals surface area contributed by atoms with Gasteiger partial charge >= 0.3 is 0 Å². The average molecular weight is 449 g/mol. The zero-order valence-electron chi connectivity index (χ0n) is 17.2. The molecule has 0 atom stereocenters. The van der Waals surface area contributed by atoms with Gasteiger partial charge in [-0.2, -0.15) is 0 Å². The molecule has 0 amide bonds. The third-order valence-electron chi connectivity index (χ3n) is 5.68. The van der Waals surface area contributed by atoms with Crippen molar-refractivity contribution in [2.24, 2.45) is 0 Å². The molecule has 2 N–H and O–H groups in total. The molecule has 2 aromatic carbocycles. The van der Waals surface area contributed by atoms with Crippen LogP contribution in [-0.2, 0) is 10.0 Å². The van der Waals surface area contributed by atoms with Gasteiger partial charge < -0.3 is 9.88 Å². The lowest BCUT2D eigenvalue weighted by atomic mass is 10.1. The largest absolute Gasteiger partial charge is 0.368 e. The molecule has 0 radical (unpaired) electrons. The molecule has 166 valence electrons. The number of piperazine rings is 1. The van der Waals surface area contributed by atoms with Gasteiger partial charge in [-0.1, -0.05) is 6.07 Å². The summed E-state index contributed by atoms with van der Waals surface area (Å²) in [4.78, 5) is 7.78. The number of sulfonamides is 1. The number of fused-ring (bicyclic) bond motifs is 1. The number of rotatable bonds is 8. The maximum Gasteiger partial charge on any atom is 0.240 e. The van der Waals surface area contributed by atoms with Crippen LogP contribution in [0.5, 0.6) is 0 Å². The molecule has 1 saturated heterocycles. The maximum atomic E-state index is 13.3. The summed E-state index contributed by atoms with van der Waals surface area (Å²) < 4.78 is 53.1. The summed E-state index contributed by atoms with van der Waals surface area (Å²) in [7, 11) is -3.84. The minimum Gasteiger partial charge on any atom is -0.368 e. The number of nitrogens with zero attached hydrogens (tertiary/aromatic N) is 2. The smallest absolute Gasteiger partial charge is 0.240 e. The summed E-state index contributed by atoms with van der Waals surface area (Å²) in [6, 6.07) is 11.0. The molecule has 6 nitrogen and oxygen atoms in total. The highest BCUT2D eigenvalue weighted by Crippen LogP contribution is 2.27. The van der Waals surface area contributed by atoms with Crippen LogP contribution in [0.4, 0.5) is 14.5 Å². The van der Waals surface area contributed by atoms with Crippen LogP contribution in [-0.4, -0.2) is 57.6 Å². The Morgan fingerprint density at radius 3 is 2.55 bits per heavy atom. The molecule has 1 aliphatic rings. The molecule has 0 spiro atoms. The van der Waals surface area contributed by atoms with Crippen molar-refractivity contribution in [3.8, 4) is 0 Å². The zero-order chi connectivity index (χ0) is 21.8. The standard InChI is InChI=1S/C22H26F2N4O2S/c23-19-7-6-17(16-20(19)24)31(29,30)26-9-1-2-11-27-12-14-28(15-13-27)22-5-3-4-21-18(22)8-10-25-21/h3-8,10,16,25-26H,1-2,9,11-15H2. The molecule has 31 heavy (non-hydrogen) atoms. The first kappa shape index (κ1) is 21.7. The van der Waals surface area contributed by atoms with E-state index in [1.165, 1.54) is 11.1 Å². The molecule has 0 aliphatic carbocycles. The Balaban J connectivity index is 1.19. The number of hydrogen-bond donors (Lipinski definition) is 2. The fourth-order valence-corrected chi connectivity index (χ4v) is 5.04. The number of aromatic nitrogens is 1. The monoisotopic (exact) mass is 448 g/mol. The van der Waals surface area contributed by atoms with E-state index in [9.17, 15) is 17.2 Å². The predicted octanol–water partition coefficient (Wildman–Crippen LogP) is 3.33. The van der Waals surface area contributed by atoms with Gasteiger partial charge in [-0.15, -0.1) is 0 Å². The molecule has 2 heterocycles. The van der Waals surface area contributed by atoms with E-state index < -0.39 is 21.7 Å². The Labute approximate surface area is 180 Å². The van der Waals surface area contributed by atoms with Gasteiger partial charge in [0.2, 0.25) is 10.0 Å². The van der Waals surface area contributed by atoms with Gasteiger partial charge in [0.25, 0.3) is 0 Å². The lowest BCUT2D eigenvalue weighted by molar-refractivity contribution is 0.253. The summed E-state index contributed by atoms with van der Waals surface area (Å²) in [6.45, 7) is 4.98. The normalized spacial score (nSPS) is 15.6. The third-order valence-corrected chi connectivity index (χ3v) is 7.14. The lowest BCUT2D eigenvalue weighted by Crippen LogP contribution is -2.46. The van der Waals surface area contributed by atoms with Crippen molar-refractivity contribution in [2.45, 2.75) is 17.7 Å². The molecule has 0 unspecified atom stereocenters. The van der Waals surface area contributed by atoms with E-state index in [1.807, 2.05) is 6.20 Å². The lowest BCUT2D eigenvalue weighted by Gasteiger charge is -2.36. The second-order valence-corrected chi connectivity index (χ2v) is 9.49. The van der Waals surface area contributed by atoms with Gasteiger partial charge in [-0.05, 0) is 55.8 Å². The second kappa shape index (κ2) is 9.33. The van der Waals surface area contributed by atoms with E-state index >= 15 is 0 Å². The Hall–Kier alpha value is -2.49. The topological polar surface area (TPSA) is 68.4 Å². The minimum atomic E-state index is -3.84. The van der Waals surface area contributed by atoms with Gasteiger partial charge in [0.15, 0.2) is 11.6 Å².